The highest BCUT2D eigenvalue weighted by Gasteiger charge is 2.24. The quantitative estimate of drug-likeness (QED) is 0.896. The predicted octanol–water partition coefficient (Wildman–Crippen LogP) is 3.70. The van der Waals surface area contributed by atoms with Gasteiger partial charge in [-0.2, -0.15) is 0 Å². The highest BCUT2D eigenvalue weighted by atomic mass is 32.1. The fourth-order valence-electron chi connectivity index (χ4n) is 1.66. The van der Waals surface area contributed by atoms with Crippen LogP contribution in [0.2, 0.25) is 0 Å². The first-order valence-electron chi connectivity index (χ1n) is 5.87. The number of thiazole rings is 1. The number of benzene rings is 1. The summed E-state index contributed by atoms with van der Waals surface area (Å²) in [6, 6.07) is 10.3. The van der Waals surface area contributed by atoms with E-state index in [1.807, 2.05) is 25.1 Å². The lowest BCUT2D eigenvalue weighted by Crippen LogP contribution is -2.31. The fraction of sp³-hybridized carbons (Fsp3) is 0.357. The molecule has 1 unspecified atom stereocenters. The van der Waals surface area contributed by atoms with Crippen molar-refractivity contribution >= 4 is 11.3 Å². The van der Waals surface area contributed by atoms with Gasteiger partial charge in [0.05, 0.1) is 11.2 Å². The second kappa shape index (κ2) is 4.59. The third-order valence-corrected chi connectivity index (χ3v) is 4.32. The number of rotatable bonds is 3. The first-order valence-corrected chi connectivity index (χ1v) is 6.68. The van der Waals surface area contributed by atoms with E-state index in [0.29, 0.717) is 0 Å². The molecule has 17 heavy (non-hydrogen) atoms. The summed E-state index contributed by atoms with van der Waals surface area (Å²) in [5.74, 6) is 0. The molecule has 2 N–H and O–H groups in total. The van der Waals surface area contributed by atoms with Crippen LogP contribution in [0.3, 0.4) is 0 Å². The Labute approximate surface area is 107 Å². The van der Waals surface area contributed by atoms with Crippen molar-refractivity contribution in [1.29, 1.82) is 0 Å². The van der Waals surface area contributed by atoms with Crippen molar-refractivity contribution < 1.29 is 0 Å². The lowest BCUT2D eigenvalue weighted by Gasteiger charge is -2.18. The summed E-state index contributed by atoms with van der Waals surface area (Å²) >= 11 is 1.70. The summed E-state index contributed by atoms with van der Waals surface area (Å²) < 4.78 is 0. The van der Waals surface area contributed by atoms with Crippen LogP contribution in [0.15, 0.2) is 30.3 Å². The van der Waals surface area contributed by atoms with Crippen LogP contribution in [-0.4, -0.2) is 4.98 Å². The molecule has 0 radical (unpaired) electrons. The maximum Gasteiger partial charge on any atom is 0.113 e. The third-order valence-electron chi connectivity index (χ3n) is 3.07. The Morgan fingerprint density at radius 1 is 1.29 bits per heavy atom. The molecule has 2 rings (SSSR count). The lowest BCUT2D eigenvalue weighted by atomic mass is 10.0. The minimum Gasteiger partial charge on any atom is -0.320 e. The summed E-state index contributed by atoms with van der Waals surface area (Å²) in [6.07, 6.45) is 0.897. The van der Waals surface area contributed by atoms with Crippen LogP contribution in [0.4, 0.5) is 0 Å². The van der Waals surface area contributed by atoms with Gasteiger partial charge in [-0.1, -0.05) is 37.3 Å². The second-order valence-corrected chi connectivity index (χ2v) is 5.76. The molecule has 2 aromatic rings. The first-order chi connectivity index (χ1) is 8.04. The SMILES string of the molecule is CCC(C)(N)c1nc(-c2ccccc2)c(C)s1. The Morgan fingerprint density at radius 2 is 1.94 bits per heavy atom. The van der Waals surface area contributed by atoms with E-state index in [0.717, 1.165) is 17.1 Å². The van der Waals surface area contributed by atoms with E-state index in [9.17, 15) is 0 Å². The largest absolute Gasteiger partial charge is 0.320 e. The smallest absolute Gasteiger partial charge is 0.113 e. The van der Waals surface area contributed by atoms with Crippen molar-refractivity contribution in [2.75, 3.05) is 0 Å². The van der Waals surface area contributed by atoms with Crippen LogP contribution < -0.4 is 5.73 Å². The van der Waals surface area contributed by atoms with E-state index in [1.54, 1.807) is 11.3 Å². The zero-order valence-electron chi connectivity index (χ0n) is 10.5. The Hall–Kier alpha value is -1.19. The van der Waals surface area contributed by atoms with Crippen molar-refractivity contribution in [2.45, 2.75) is 32.7 Å². The molecule has 0 aliphatic heterocycles. The van der Waals surface area contributed by atoms with E-state index < -0.39 is 0 Å². The molecule has 3 heteroatoms. The van der Waals surface area contributed by atoms with Crippen molar-refractivity contribution in [3.8, 4) is 11.3 Å². The third kappa shape index (κ3) is 2.40. The average Bonchev–Trinajstić information content (AvgIpc) is 2.73. The first kappa shape index (κ1) is 12.3. The minimum absolute atomic E-state index is 0.317. The van der Waals surface area contributed by atoms with Gasteiger partial charge in [0.2, 0.25) is 0 Å². The molecule has 0 saturated heterocycles. The van der Waals surface area contributed by atoms with E-state index in [-0.39, 0.29) is 5.54 Å². The zero-order valence-corrected chi connectivity index (χ0v) is 11.3. The van der Waals surface area contributed by atoms with Crippen LogP contribution in [0.5, 0.6) is 0 Å². The van der Waals surface area contributed by atoms with E-state index >= 15 is 0 Å². The fourth-order valence-corrected chi connectivity index (χ4v) is 2.72. The molecule has 1 heterocycles. The molecule has 2 nitrogen and oxygen atoms in total. The summed E-state index contributed by atoms with van der Waals surface area (Å²) in [6.45, 7) is 6.24. The van der Waals surface area contributed by atoms with Crippen molar-refractivity contribution in [3.63, 3.8) is 0 Å². The van der Waals surface area contributed by atoms with Crippen LogP contribution >= 0.6 is 11.3 Å². The Balaban J connectivity index is 2.45. The van der Waals surface area contributed by atoms with E-state index in [1.165, 1.54) is 10.4 Å². The van der Waals surface area contributed by atoms with Gasteiger partial charge in [-0.25, -0.2) is 4.98 Å². The van der Waals surface area contributed by atoms with E-state index in [4.69, 9.17) is 10.7 Å². The molecular formula is C14H18N2S. The maximum atomic E-state index is 6.25. The zero-order chi connectivity index (χ0) is 12.5. The number of hydrogen-bond acceptors (Lipinski definition) is 3. The molecule has 0 saturated carbocycles. The number of aromatic nitrogens is 1. The molecule has 0 aliphatic rings. The number of nitrogens with two attached hydrogens (primary N) is 1. The van der Waals surface area contributed by atoms with Crippen LogP contribution in [-0.2, 0) is 5.54 Å². The lowest BCUT2D eigenvalue weighted by molar-refractivity contribution is 0.474. The second-order valence-electron chi connectivity index (χ2n) is 4.56. The van der Waals surface area contributed by atoms with Crippen molar-refractivity contribution in [1.82, 2.24) is 4.98 Å². The van der Waals surface area contributed by atoms with Gasteiger partial charge in [0.1, 0.15) is 5.01 Å². The molecular weight excluding hydrogens is 228 g/mol. The summed E-state index contributed by atoms with van der Waals surface area (Å²) in [5, 5.41) is 1.02. The summed E-state index contributed by atoms with van der Waals surface area (Å²) in [7, 11) is 0. The topological polar surface area (TPSA) is 38.9 Å². The molecule has 90 valence electrons. The highest BCUT2D eigenvalue weighted by molar-refractivity contribution is 7.12. The van der Waals surface area contributed by atoms with Gasteiger partial charge >= 0.3 is 0 Å². The number of nitrogens with zero attached hydrogens (tertiary/aromatic N) is 1. The van der Waals surface area contributed by atoms with Gasteiger partial charge in [0.25, 0.3) is 0 Å². The van der Waals surface area contributed by atoms with Gasteiger partial charge in [-0.15, -0.1) is 11.3 Å². The summed E-state index contributed by atoms with van der Waals surface area (Å²) in [4.78, 5) is 5.95. The minimum atomic E-state index is -0.317. The normalized spacial score (nSPS) is 14.6. The molecule has 1 atom stereocenters. The molecule has 0 aliphatic carbocycles. The van der Waals surface area contributed by atoms with Gasteiger partial charge in [0.15, 0.2) is 0 Å². The maximum absolute atomic E-state index is 6.25. The van der Waals surface area contributed by atoms with Crippen molar-refractivity contribution in [2.24, 2.45) is 5.73 Å². The van der Waals surface area contributed by atoms with Gasteiger partial charge in [0, 0.05) is 10.4 Å². The number of aryl methyl sites for hydroxylation is 1. The van der Waals surface area contributed by atoms with E-state index in [2.05, 4.69) is 26.0 Å². The molecule has 0 spiro atoms. The van der Waals surface area contributed by atoms with Crippen LogP contribution in [0, 0.1) is 6.92 Å². The highest BCUT2D eigenvalue weighted by Crippen LogP contribution is 2.33. The summed E-state index contributed by atoms with van der Waals surface area (Å²) in [5.41, 5.74) is 8.16. The van der Waals surface area contributed by atoms with Gasteiger partial charge in [-0.05, 0) is 20.3 Å². The van der Waals surface area contributed by atoms with Crippen LogP contribution in [0.25, 0.3) is 11.3 Å². The standard InChI is InChI=1S/C14H18N2S/c1-4-14(3,15)13-16-12(10(2)17-13)11-8-6-5-7-9-11/h5-9H,4,15H2,1-3H3. The Bertz CT molecular complexity index is 500. The van der Waals surface area contributed by atoms with Crippen molar-refractivity contribution in [3.05, 3.63) is 40.2 Å². The molecule has 0 amide bonds. The molecule has 0 fully saturated rings. The Kier molecular flexibility index (Phi) is 3.31. The predicted molar refractivity (Wildman–Crippen MR) is 74.1 cm³/mol. The van der Waals surface area contributed by atoms with Gasteiger partial charge < -0.3 is 5.73 Å². The van der Waals surface area contributed by atoms with Gasteiger partial charge in [-0.3, -0.25) is 0 Å². The molecule has 0 bridgehead atoms. The molecule has 1 aromatic carbocycles. The van der Waals surface area contributed by atoms with Crippen LogP contribution in [0.1, 0.15) is 30.2 Å². The average molecular weight is 246 g/mol. The molecule has 1 aromatic heterocycles. The number of hydrogen-bond donors (Lipinski definition) is 1. The monoisotopic (exact) mass is 246 g/mol. The Morgan fingerprint density at radius 3 is 2.53 bits per heavy atom.